The second-order valence-corrected chi connectivity index (χ2v) is 10.6. The molecule has 0 saturated carbocycles. The summed E-state index contributed by atoms with van der Waals surface area (Å²) in [6.45, 7) is 2.34. The van der Waals surface area contributed by atoms with Gasteiger partial charge in [-0.3, -0.25) is 4.90 Å². The standard InChI is InChI=1S/C30H24F3N5O3S/c1-19-16-23-17-42-28(38(23)26-5-3-2-4-25(19)26)35-29(39)40-15-14-20-6-8-21(9-7-20)27-34-18-37(36-27)22-10-12-24(13-11-22)41-30(31,32)33/h2-13,16,18-19H,14-15,17H2,1H3/b35-28-. The average Bonchev–Trinajstić information content (AvgIpc) is 3.61. The van der Waals surface area contributed by atoms with E-state index in [2.05, 4.69) is 38.9 Å². The molecule has 3 aromatic carbocycles. The topological polar surface area (TPSA) is 81.8 Å². The Morgan fingerprint density at radius 2 is 1.83 bits per heavy atom. The zero-order valence-electron chi connectivity index (χ0n) is 22.3. The number of para-hydroxylation sites is 1. The Bertz CT molecular complexity index is 1670. The fraction of sp³-hybridized carbons (Fsp3) is 0.200. The maximum absolute atomic E-state index is 12.5. The van der Waals surface area contributed by atoms with Gasteiger partial charge >= 0.3 is 12.5 Å². The first kappa shape index (κ1) is 27.6. The van der Waals surface area contributed by atoms with Crippen LogP contribution < -0.4 is 9.64 Å². The summed E-state index contributed by atoms with van der Waals surface area (Å²) >= 11 is 1.52. The van der Waals surface area contributed by atoms with Crippen molar-refractivity contribution < 1.29 is 27.4 Å². The lowest BCUT2D eigenvalue weighted by atomic mass is 9.94. The normalized spacial score (nSPS) is 17.0. The number of hydrogen-bond acceptors (Lipinski definition) is 6. The van der Waals surface area contributed by atoms with Crippen LogP contribution >= 0.6 is 11.8 Å². The Labute approximate surface area is 243 Å². The molecule has 0 bridgehead atoms. The zero-order chi connectivity index (χ0) is 29.3. The summed E-state index contributed by atoms with van der Waals surface area (Å²) < 4.78 is 47.9. The minimum atomic E-state index is -4.75. The third-order valence-electron chi connectivity index (χ3n) is 6.78. The maximum atomic E-state index is 12.5. The number of aromatic nitrogens is 3. The Kier molecular flexibility index (Phi) is 7.46. The van der Waals surface area contributed by atoms with E-state index >= 15 is 0 Å². The van der Waals surface area contributed by atoms with Crippen LogP contribution in [0.1, 0.15) is 24.0 Å². The second kappa shape index (κ2) is 11.4. The molecule has 1 amide bonds. The largest absolute Gasteiger partial charge is 0.573 e. The van der Waals surface area contributed by atoms with Crippen molar-refractivity contribution in [3.8, 4) is 22.8 Å². The number of amidine groups is 1. The number of ether oxygens (including phenoxy) is 2. The Balaban J connectivity index is 1.04. The lowest BCUT2D eigenvalue weighted by Gasteiger charge is -2.29. The van der Waals surface area contributed by atoms with E-state index < -0.39 is 12.5 Å². The lowest BCUT2D eigenvalue weighted by Crippen LogP contribution is -2.27. The number of rotatable bonds is 6. The highest BCUT2D eigenvalue weighted by Gasteiger charge is 2.33. The third kappa shape index (κ3) is 6.03. The van der Waals surface area contributed by atoms with E-state index in [0.717, 1.165) is 28.3 Å². The Morgan fingerprint density at radius 1 is 1.07 bits per heavy atom. The fourth-order valence-corrected chi connectivity index (χ4v) is 5.80. The van der Waals surface area contributed by atoms with Gasteiger partial charge in [-0.15, -0.1) is 18.3 Å². The van der Waals surface area contributed by atoms with Gasteiger partial charge in [-0.05, 0) is 41.5 Å². The fourth-order valence-electron chi connectivity index (χ4n) is 4.82. The van der Waals surface area contributed by atoms with E-state index in [1.54, 1.807) is 0 Å². The van der Waals surface area contributed by atoms with Crippen molar-refractivity contribution >= 4 is 28.7 Å². The van der Waals surface area contributed by atoms with Gasteiger partial charge in [0.05, 0.1) is 18.0 Å². The molecule has 0 N–H and O–H groups in total. The summed E-state index contributed by atoms with van der Waals surface area (Å²) in [5.41, 5.74) is 5.63. The minimum Gasteiger partial charge on any atom is -0.448 e. The second-order valence-electron chi connectivity index (χ2n) is 9.64. The molecule has 214 valence electrons. The van der Waals surface area contributed by atoms with E-state index in [9.17, 15) is 18.0 Å². The number of carbonyl (C=O) groups excluding carboxylic acids is 1. The summed E-state index contributed by atoms with van der Waals surface area (Å²) in [5, 5.41) is 5.03. The van der Waals surface area contributed by atoms with Gasteiger partial charge in [-0.1, -0.05) is 67.2 Å². The van der Waals surface area contributed by atoms with Crippen LogP contribution in [0.3, 0.4) is 0 Å². The van der Waals surface area contributed by atoms with Crippen molar-refractivity contribution in [2.45, 2.75) is 25.6 Å². The monoisotopic (exact) mass is 591 g/mol. The molecule has 4 aromatic rings. The summed E-state index contributed by atoms with van der Waals surface area (Å²) in [6.07, 6.45) is -1.18. The van der Waals surface area contributed by atoms with Crippen molar-refractivity contribution in [2.75, 3.05) is 17.3 Å². The number of thioether (sulfide) groups is 1. The SMILES string of the molecule is CC1C=C2CS/C(=N\C(=O)OCCc3ccc(-c4ncn(-c5ccc(OC(F)(F)F)cc5)n4)cc3)N2c2ccccc21. The maximum Gasteiger partial charge on any atom is 0.573 e. The van der Waals surface area contributed by atoms with Gasteiger partial charge < -0.3 is 9.47 Å². The van der Waals surface area contributed by atoms with Crippen LogP contribution in [0, 0.1) is 0 Å². The van der Waals surface area contributed by atoms with E-state index in [0.29, 0.717) is 29.0 Å². The van der Waals surface area contributed by atoms with Crippen LogP contribution in [0.5, 0.6) is 5.75 Å². The van der Waals surface area contributed by atoms with Gasteiger partial charge in [0, 0.05) is 29.4 Å². The van der Waals surface area contributed by atoms with Crippen molar-refractivity contribution in [3.63, 3.8) is 0 Å². The van der Waals surface area contributed by atoms with Gasteiger partial charge in [-0.25, -0.2) is 14.5 Å². The van der Waals surface area contributed by atoms with E-state index in [4.69, 9.17) is 4.74 Å². The molecule has 42 heavy (non-hydrogen) atoms. The summed E-state index contributed by atoms with van der Waals surface area (Å²) in [5.74, 6) is 1.20. The van der Waals surface area contributed by atoms with Crippen molar-refractivity contribution in [2.24, 2.45) is 4.99 Å². The number of anilines is 1. The lowest BCUT2D eigenvalue weighted by molar-refractivity contribution is -0.274. The summed E-state index contributed by atoms with van der Waals surface area (Å²) in [6, 6.07) is 21.0. The van der Waals surface area contributed by atoms with Crippen LogP contribution in [0.15, 0.2) is 95.9 Å². The average molecular weight is 592 g/mol. The molecular weight excluding hydrogens is 567 g/mol. The van der Waals surface area contributed by atoms with Gasteiger partial charge in [0.15, 0.2) is 11.0 Å². The van der Waals surface area contributed by atoms with Crippen molar-refractivity contribution in [1.29, 1.82) is 0 Å². The highest BCUT2D eigenvalue weighted by atomic mass is 32.2. The van der Waals surface area contributed by atoms with Gasteiger partial charge in [-0.2, -0.15) is 4.99 Å². The molecule has 12 heteroatoms. The molecule has 0 radical (unpaired) electrons. The number of benzene rings is 3. The number of halogens is 3. The van der Waals surface area contributed by atoms with E-state index in [-0.39, 0.29) is 12.4 Å². The molecule has 8 nitrogen and oxygen atoms in total. The number of hydrogen-bond donors (Lipinski definition) is 0. The molecule has 0 aliphatic carbocycles. The zero-order valence-corrected chi connectivity index (χ0v) is 23.1. The summed E-state index contributed by atoms with van der Waals surface area (Å²) in [4.78, 5) is 23.1. The van der Waals surface area contributed by atoms with Crippen LogP contribution in [0.4, 0.5) is 23.7 Å². The highest BCUT2D eigenvalue weighted by Crippen LogP contribution is 2.42. The Morgan fingerprint density at radius 3 is 2.60 bits per heavy atom. The van der Waals surface area contributed by atoms with Crippen LogP contribution in [0.25, 0.3) is 17.1 Å². The van der Waals surface area contributed by atoms with Gasteiger partial charge in [0.2, 0.25) is 0 Å². The molecule has 2 aliphatic rings. The van der Waals surface area contributed by atoms with E-state index in [1.165, 1.54) is 52.6 Å². The van der Waals surface area contributed by atoms with E-state index in [1.807, 2.05) is 47.4 Å². The molecule has 1 aromatic heterocycles. The molecule has 0 spiro atoms. The third-order valence-corrected chi connectivity index (χ3v) is 7.75. The summed E-state index contributed by atoms with van der Waals surface area (Å²) in [7, 11) is 0. The first-order valence-electron chi connectivity index (χ1n) is 13.1. The molecule has 1 fully saturated rings. The Hall–Kier alpha value is -4.58. The first-order valence-corrected chi connectivity index (χ1v) is 14.1. The number of nitrogens with zero attached hydrogens (tertiary/aromatic N) is 5. The number of carbonyl (C=O) groups is 1. The molecule has 1 saturated heterocycles. The predicted molar refractivity (Wildman–Crippen MR) is 154 cm³/mol. The van der Waals surface area contributed by atoms with Gasteiger partial charge in [0.1, 0.15) is 12.1 Å². The number of fused-ring (bicyclic) bond motifs is 3. The molecule has 1 unspecified atom stereocenters. The molecule has 3 heterocycles. The minimum absolute atomic E-state index is 0.177. The van der Waals surface area contributed by atoms with Crippen LogP contribution in [0.2, 0.25) is 0 Å². The highest BCUT2D eigenvalue weighted by molar-refractivity contribution is 8.14. The first-order chi connectivity index (χ1) is 20.2. The number of alkyl halides is 3. The van der Waals surface area contributed by atoms with Crippen molar-refractivity contribution in [3.05, 3.63) is 102 Å². The molecule has 2 aliphatic heterocycles. The van der Waals surface area contributed by atoms with Crippen LogP contribution in [-0.2, 0) is 11.2 Å². The van der Waals surface area contributed by atoms with Gasteiger partial charge in [0.25, 0.3) is 0 Å². The molecule has 6 rings (SSSR count). The molecular formula is C30H24F3N5O3S. The quantitative estimate of drug-likeness (QED) is 0.236. The number of amides is 1. The predicted octanol–water partition coefficient (Wildman–Crippen LogP) is 7.12. The van der Waals surface area contributed by atoms with Crippen LogP contribution in [-0.4, -0.2) is 44.7 Å². The molecule has 1 atom stereocenters. The number of aliphatic imine (C=N–C) groups is 1. The number of allylic oxidation sites excluding steroid dienone is 1. The smallest absolute Gasteiger partial charge is 0.448 e. The van der Waals surface area contributed by atoms with Crippen molar-refractivity contribution in [1.82, 2.24) is 14.8 Å².